The fraction of sp³-hybridized carbons (Fsp3) is 0.238. The molecule has 0 spiro atoms. The molecule has 0 aliphatic carbocycles. The Labute approximate surface area is 151 Å². The topological polar surface area (TPSA) is 54.3 Å². The molecule has 1 atom stereocenters. The van der Waals surface area contributed by atoms with Gasteiger partial charge in [-0.2, -0.15) is 0 Å². The zero-order valence-electron chi connectivity index (χ0n) is 14.7. The van der Waals surface area contributed by atoms with Crippen LogP contribution in [-0.4, -0.2) is 28.6 Å². The Kier molecular flexibility index (Phi) is 4.21. The van der Waals surface area contributed by atoms with Gasteiger partial charge in [-0.15, -0.1) is 0 Å². The van der Waals surface area contributed by atoms with E-state index in [0.29, 0.717) is 23.5 Å². The third-order valence-corrected chi connectivity index (χ3v) is 5.08. The molecule has 2 heterocycles. The van der Waals surface area contributed by atoms with Crippen LogP contribution in [0.25, 0.3) is 10.8 Å². The van der Waals surface area contributed by atoms with Crippen molar-refractivity contribution >= 4 is 22.5 Å². The smallest absolute Gasteiger partial charge is 0.321 e. The molecule has 26 heavy (non-hydrogen) atoms. The number of hydrogen-bond donors (Lipinski definition) is 1. The second-order valence-corrected chi connectivity index (χ2v) is 6.78. The lowest BCUT2D eigenvalue weighted by Gasteiger charge is -2.19. The van der Waals surface area contributed by atoms with Gasteiger partial charge in [0.1, 0.15) is 0 Å². The first-order valence-electron chi connectivity index (χ1n) is 8.83. The Hall–Kier alpha value is -3.08. The highest BCUT2D eigenvalue weighted by molar-refractivity contribution is 6.01. The number of aromatic nitrogens is 1. The largest absolute Gasteiger partial charge is 0.324 e. The van der Waals surface area contributed by atoms with E-state index >= 15 is 0 Å². The van der Waals surface area contributed by atoms with E-state index in [1.807, 2.05) is 41.3 Å². The van der Waals surface area contributed by atoms with Gasteiger partial charge in [-0.25, -0.2) is 4.79 Å². The highest BCUT2D eigenvalue weighted by Gasteiger charge is 2.27. The summed E-state index contributed by atoms with van der Waals surface area (Å²) in [4.78, 5) is 26.9. The minimum Gasteiger partial charge on any atom is -0.324 e. The molecule has 1 aliphatic heterocycles. The second-order valence-electron chi connectivity index (χ2n) is 6.78. The highest BCUT2D eigenvalue weighted by atomic mass is 16.2. The van der Waals surface area contributed by atoms with E-state index in [1.165, 1.54) is 10.1 Å². The van der Waals surface area contributed by atoms with Crippen molar-refractivity contribution in [1.82, 2.24) is 9.47 Å². The van der Waals surface area contributed by atoms with Crippen LogP contribution in [0.5, 0.6) is 0 Å². The molecule has 2 amide bonds. The number of anilines is 1. The number of likely N-dealkylation sites (tertiary alicyclic amines) is 1. The molecular formula is C21H21N3O2. The highest BCUT2D eigenvalue weighted by Crippen LogP contribution is 2.28. The van der Waals surface area contributed by atoms with Gasteiger partial charge in [0, 0.05) is 43.0 Å². The first kappa shape index (κ1) is 16.4. The maximum atomic E-state index is 12.8. The minimum absolute atomic E-state index is 0.0658. The van der Waals surface area contributed by atoms with Gasteiger partial charge in [0.05, 0.1) is 5.69 Å². The predicted molar refractivity (Wildman–Crippen MR) is 104 cm³/mol. The average Bonchev–Trinajstić information content (AvgIpc) is 3.17. The number of carbonyl (C=O) groups excluding carboxylic acids is 1. The molecule has 5 heteroatoms. The molecule has 1 aliphatic rings. The molecule has 5 nitrogen and oxygen atoms in total. The Morgan fingerprint density at radius 1 is 1.04 bits per heavy atom. The minimum atomic E-state index is -0.118. The molecule has 0 unspecified atom stereocenters. The number of aryl methyl sites for hydroxylation is 1. The molecule has 1 fully saturated rings. The molecule has 1 saturated heterocycles. The number of nitrogens with zero attached hydrogens (tertiary/aromatic N) is 2. The van der Waals surface area contributed by atoms with Crippen LogP contribution in [0, 0.1) is 0 Å². The number of pyridine rings is 1. The normalized spacial score (nSPS) is 16.8. The first-order valence-corrected chi connectivity index (χ1v) is 8.83. The number of rotatable bonds is 2. The van der Waals surface area contributed by atoms with Crippen LogP contribution in [0.4, 0.5) is 10.5 Å². The quantitative estimate of drug-likeness (QED) is 0.771. The first-order chi connectivity index (χ1) is 12.6. The Balaban J connectivity index is 1.55. The molecule has 2 aromatic carbocycles. The molecule has 0 radical (unpaired) electrons. The maximum Gasteiger partial charge on any atom is 0.321 e. The Bertz CT molecular complexity index is 1010. The lowest BCUT2D eigenvalue weighted by molar-refractivity contribution is 0.222. The lowest BCUT2D eigenvalue weighted by Crippen LogP contribution is -2.33. The number of hydrogen-bond acceptors (Lipinski definition) is 2. The van der Waals surface area contributed by atoms with Crippen LogP contribution >= 0.6 is 0 Å². The molecule has 3 aromatic rings. The molecule has 132 valence electrons. The van der Waals surface area contributed by atoms with E-state index in [2.05, 4.69) is 17.4 Å². The van der Waals surface area contributed by atoms with Crippen molar-refractivity contribution in [3.05, 3.63) is 76.7 Å². The van der Waals surface area contributed by atoms with Gasteiger partial charge in [-0.05, 0) is 18.1 Å². The van der Waals surface area contributed by atoms with E-state index in [1.54, 1.807) is 19.3 Å². The number of amides is 2. The summed E-state index contributed by atoms with van der Waals surface area (Å²) in [7, 11) is 1.70. The van der Waals surface area contributed by atoms with E-state index in [9.17, 15) is 9.59 Å². The summed E-state index contributed by atoms with van der Waals surface area (Å²) in [5.41, 5.74) is 1.87. The van der Waals surface area contributed by atoms with E-state index in [0.717, 1.165) is 18.4 Å². The molecular weight excluding hydrogens is 326 g/mol. The number of fused-ring (bicyclic) bond motifs is 1. The van der Waals surface area contributed by atoms with Crippen molar-refractivity contribution in [2.45, 2.75) is 12.3 Å². The Morgan fingerprint density at radius 2 is 1.73 bits per heavy atom. The zero-order chi connectivity index (χ0) is 18.1. The summed E-state index contributed by atoms with van der Waals surface area (Å²) in [6.07, 6.45) is 2.65. The number of benzene rings is 2. The van der Waals surface area contributed by atoms with Crippen LogP contribution in [-0.2, 0) is 7.05 Å². The molecule has 0 bridgehead atoms. The summed E-state index contributed by atoms with van der Waals surface area (Å²) in [5.74, 6) is 0.374. The van der Waals surface area contributed by atoms with Crippen molar-refractivity contribution in [2.75, 3.05) is 18.4 Å². The third-order valence-electron chi connectivity index (χ3n) is 5.08. The summed E-state index contributed by atoms with van der Waals surface area (Å²) >= 11 is 0. The van der Waals surface area contributed by atoms with Gasteiger partial charge in [-0.1, -0.05) is 48.5 Å². The van der Waals surface area contributed by atoms with Gasteiger partial charge in [0.15, 0.2) is 0 Å². The zero-order valence-corrected chi connectivity index (χ0v) is 14.7. The monoisotopic (exact) mass is 347 g/mol. The average molecular weight is 347 g/mol. The molecule has 0 saturated carbocycles. The van der Waals surface area contributed by atoms with Crippen LogP contribution in [0.2, 0.25) is 0 Å². The van der Waals surface area contributed by atoms with Crippen LogP contribution in [0.15, 0.2) is 65.6 Å². The molecule has 4 rings (SSSR count). The van der Waals surface area contributed by atoms with Crippen molar-refractivity contribution in [1.29, 1.82) is 0 Å². The predicted octanol–water partition coefficient (Wildman–Crippen LogP) is 3.56. The molecule has 1 aromatic heterocycles. The van der Waals surface area contributed by atoms with Crippen molar-refractivity contribution in [2.24, 2.45) is 7.05 Å². The van der Waals surface area contributed by atoms with Crippen molar-refractivity contribution in [3.63, 3.8) is 0 Å². The maximum absolute atomic E-state index is 12.8. The van der Waals surface area contributed by atoms with E-state index in [-0.39, 0.29) is 11.6 Å². The van der Waals surface area contributed by atoms with Crippen LogP contribution in [0.3, 0.4) is 0 Å². The number of urea groups is 1. The standard InChI is InChI=1S/C21H21N3O2/c1-23-14-19(17-9-5-6-10-18(17)20(23)25)22-21(26)24-12-11-16(13-24)15-7-3-2-4-8-15/h2-10,14,16H,11-13H2,1H3,(H,22,26)/t16-/m0/s1. The van der Waals surface area contributed by atoms with Gasteiger partial charge in [-0.3, -0.25) is 4.79 Å². The van der Waals surface area contributed by atoms with Crippen molar-refractivity contribution < 1.29 is 4.79 Å². The number of carbonyl (C=O) groups is 1. The Morgan fingerprint density at radius 3 is 2.50 bits per heavy atom. The SMILES string of the molecule is Cn1cc(NC(=O)N2CC[C@H](c3ccccc3)C2)c2ccccc2c1=O. The van der Waals surface area contributed by atoms with Gasteiger partial charge in [0.25, 0.3) is 5.56 Å². The summed E-state index contributed by atoms with van der Waals surface area (Å²) in [5, 5.41) is 4.37. The van der Waals surface area contributed by atoms with Crippen LogP contribution in [0.1, 0.15) is 17.9 Å². The van der Waals surface area contributed by atoms with Crippen LogP contribution < -0.4 is 10.9 Å². The fourth-order valence-electron chi connectivity index (χ4n) is 3.65. The van der Waals surface area contributed by atoms with Crippen molar-refractivity contribution in [3.8, 4) is 0 Å². The third kappa shape index (κ3) is 2.96. The second kappa shape index (κ2) is 6.67. The van der Waals surface area contributed by atoms with Gasteiger partial charge in [0.2, 0.25) is 0 Å². The summed E-state index contributed by atoms with van der Waals surface area (Å²) in [6, 6.07) is 17.6. The lowest BCUT2D eigenvalue weighted by atomic mass is 9.99. The summed E-state index contributed by atoms with van der Waals surface area (Å²) < 4.78 is 1.51. The van der Waals surface area contributed by atoms with E-state index < -0.39 is 0 Å². The fourth-order valence-corrected chi connectivity index (χ4v) is 3.65. The van der Waals surface area contributed by atoms with Gasteiger partial charge >= 0.3 is 6.03 Å². The van der Waals surface area contributed by atoms with Gasteiger partial charge < -0.3 is 14.8 Å². The number of nitrogens with one attached hydrogen (secondary N) is 1. The summed E-state index contributed by atoms with van der Waals surface area (Å²) in [6.45, 7) is 1.44. The molecule has 1 N–H and O–H groups in total. The van der Waals surface area contributed by atoms with E-state index in [4.69, 9.17) is 0 Å².